The number of ether oxygens (including phenoxy) is 1. The average Bonchev–Trinajstić information content (AvgIpc) is 2.73. The van der Waals surface area contributed by atoms with Crippen LogP contribution in [0.4, 0.5) is 11.5 Å². The Morgan fingerprint density at radius 2 is 2.04 bits per heavy atom. The van der Waals surface area contributed by atoms with Crippen LogP contribution in [0.15, 0.2) is 42.6 Å². The number of anilines is 2. The molecule has 0 spiro atoms. The van der Waals surface area contributed by atoms with Gasteiger partial charge < -0.3 is 15.0 Å². The lowest BCUT2D eigenvalue weighted by Crippen LogP contribution is -2.43. The minimum absolute atomic E-state index is 0.0376. The molecule has 1 atom stereocenters. The first kappa shape index (κ1) is 18.9. The van der Waals surface area contributed by atoms with Crippen LogP contribution in [0.3, 0.4) is 0 Å². The molecule has 1 unspecified atom stereocenters. The van der Waals surface area contributed by atoms with Crippen molar-refractivity contribution in [1.29, 1.82) is 0 Å². The molecule has 1 aromatic heterocycles. The van der Waals surface area contributed by atoms with E-state index in [9.17, 15) is 9.59 Å². The molecule has 3 rings (SSSR count). The number of carbonyl (C=O) groups excluding carboxylic acids is 2. The lowest BCUT2D eigenvalue weighted by atomic mass is 9.99. The van der Waals surface area contributed by atoms with Gasteiger partial charge >= 0.3 is 5.97 Å². The van der Waals surface area contributed by atoms with E-state index in [1.165, 1.54) is 13.5 Å². The van der Waals surface area contributed by atoms with Crippen molar-refractivity contribution in [3.05, 3.63) is 53.7 Å². The number of esters is 1. The van der Waals surface area contributed by atoms with Crippen LogP contribution in [0, 0.1) is 0 Å². The summed E-state index contributed by atoms with van der Waals surface area (Å²) in [6, 6.07) is 10.9. The molecule has 142 valence electrons. The molecule has 2 aromatic rings. The van der Waals surface area contributed by atoms with E-state index < -0.39 is 5.97 Å². The number of aromatic nitrogens is 1. The Kier molecular flexibility index (Phi) is 6.06. The molecule has 0 saturated carbocycles. The summed E-state index contributed by atoms with van der Waals surface area (Å²) in [7, 11) is 1.35. The molecule has 1 amide bonds. The van der Waals surface area contributed by atoms with Crippen molar-refractivity contribution in [2.24, 2.45) is 0 Å². The number of amides is 1. The number of nitrogens with one attached hydrogen (secondary N) is 1. The Bertz CT molecular complexity index is 805. The number of rotatable bonds is 5. The third kappa shape index (κ3) is 4.27. The first-order chi connectivity index (χ1) is 13.1. The first-order valence-corrected chi connectivity index (χ1v) is 9.35. The van der Waals surface area contributed by atoms with Gasteiger partial charge in [-0.05, 0) is 49.9 Å². The standard InChI is InChI=1S/C21H25N3O3/c1-3-16-8-6-7-13-24(16)20(25)15-11-12-19(22-14-15)23-18-10-5-4-9-17(18)21(26)27-2/h4-5,9-12,14,16H,3,6-8,13H2,1-2H3,(H,22,23). The highest BCUT2D eigenvalue weighted by Gasteiger charge is 2.26. The van der Waals surface area contributed by atoms with E-state index in [1.807, 2.05) is 11.0 Å². The maximum absolute atomic E-state index is 12.8. The van der Waals surface area contributed by atoms with Crippen molar-refractivity contribution in [3.8, 4) is 0 Å². The van der Waals surface area contributed by atoms with E-state index in [-0.39, 0.29) is 5.91 Å². The number of pyridine rings is 1. The quantitative estimate of drug-likeness (QED) is 0.808. The predicted molar refractivity (Wildman–Crippen MR) is 104 cm³/mol. The van der Waals surface area contributed by atoms with Crippen LogP contribution >= 0.6 is 0 Å². The highest BCUT2D eigenvalue weighted by molar-refractivity contribution is 5.96. The molecule has 2 heterocycles. The molecule has 1 aliphatic heterocycles. The van der Waals surface area contributed by atoms with Crippen LogP contribution in [0.1, 0.15) is 53.3 Å². The molecule has 0 radical (unpaired) electrons. The molecule has 6 heteroatoms. The van der Waals surface area contributed by atoms with Crippen LogP contribution < -0.4 is 5.32 Å². The molecular formula is C21H25N3O3. The monoisotopic (exact) mass is 367 g/mol. The Hall–Kier alpha value is -2.89. The van der Waals surface area contributed by atoms with Crippen LogP contribution in [-0.2, 0) is 4.74 Å². The van der Waals surface area contributed by atoms with Crippen molar-refractivity contribution in [3.63, 3.8) is 0 Å². The third-order valence-electron chi connectivity index (χ3n) is 4.96. The SMILES string of the molecule is CCC1CCCCN1C(=O)c1ccc(Nc2ccccc2C(=O)OC)nc1. The fourth-order valence-electron chi connectivity index (χ4n) is 3.47. The zero-order valence-corrected chi connectivity index (χ0v) is 15.8. The number of likely N-dealkylation sites (tertiary alicyclic amines) is 1. The van der Waals surface area contributed by atoms with Gasteiger partial charge in [-0.1, -0.05) is 19.1 Å². The summed E-state index contributed by atoms with van der Waals surface area (Å²) in [6.07, 6.45) is 5.87. The number of carbonyl (C=O) groups is 2. The van der Waals surface area contributed by atoms with Crippen molar-refractivity contribution >= 4 is 23.4 Å². The van der Waals surface area contributed by atoms with Gasteiger partial charge in [0.25, 0.3) is 5.91 Å². The van der Waals surface area contributed by atoms with Crippen LogP contribution in [0.2, 0.25) is 0 Å². The van der Waals surface area contributed by atoms with Crippen LogP contribution in [0.25, 0.3) is 0 Å². The zero-order valence-electron chi connectivity index (χ0n) is 15.8. The summed E-state index contributed by atoms with van der Waals surface area (Å²) in [5.41, 5.74) is 1.63. The van der Waals surface area contributed by atoms with Crippen molar-refractivity contribution in [2.75, 3.05) is 19.0 Å². The number of hydrogen-bond acceptors (Lipinski definition) is 5. The smallest absolute Gasteiger partial charge is 0.339 e. The number of nitrogens with zero attached hydrogens (tertiary/aromatic N) is 2. The van der Waals surface area contributed by atoms with E-state index in [0.717, 1.165) is 25.8 Å². The lowest BCUT2D eigenvalue weighted by Gasteiger charge is -2.35. The number of hydrogen-bond donors (Lipinski definition) is 1. The van der Waals surface area contributed by atoms with E-state index >= 15 is 0 Å². The van der Waals surface area contributed by atoms with Gasteiger partial charge in [0.05, 0.1) is 23.9 Å². The van der Waals surface area contributed by atoms with E-state index in [2.05, 4.69) is 17.2 Å². The summed E-state index contributed by atoms with van der Waals surface area (Å²) < 4.78 is 4.80. The second-order valence-electron chi connectivity index (χ2n) is 6.65. The summed E-state index contributed by atoms with van der Waals surface area (Å²) in [5.74, 6) is 0.185. The number of benzene rings is 1. The van der Waals surface area contributed by atoms with Gasteiger partial charge in [-0.3, -0.25) is 4.79 Å². The minimum Gasteiger partial charge on any atom is -0.465 e. The van der Waals surface area contributed by atoms with Gasteiger partial charge in [0.2, 0.25) is 0 Å². The second-order valence-corrected chi connectivity index (χ2v) is 6.65. The topological polar surface area (TPSA) is 71.5 Å². The third-order valence-corrected chi connectivity index (χ3v) is 4.96. The molecule has 1 aromatic carbocycles. The molecule has 1 aliphatic rings. The average molecular weight is 367 g/mol. The number of piperidine rings is 1. The number of methoxy groups -OCH3 is 1. The van der Waals surface area contributed by atoms with E-state index in [1.54, 1.807) is 36.5 Å². The largest absolute Gasteiger partial charge is 0.465 e. The molecule has 6 nitrogen and oxygen atoms in total. The number of para-hydroxylation sites is 1. The zero-order chi connectivity index (χ0) is 19.2. The maximum Gasteiger partial charge on any atom is 0.339 e. The highest BCUT2D eigenvalue weighted by atomic mass is 16.5. The Labute approximate surface area is 159 Å². The van der Waals surface area contributed by atoms with Crippen LogP contribution in [-0.4, -0.2) is 41.5 Å². The summed E-state index contributed by atoms with van der Waals surface area (Å²) in [6.45, 7) is 2.93. The van der Waals surface area contributed by atoms with Gasteiger partial charge in [0.15, 0.2) is 0 Å². The molecule has 1 saturated heterocycles. The van der Waals surface area contributed by atoms with Gasteiger partial charge in [0, 0.05) is 18.8 Å². The van der Waals surface area contributed by atoms with Crippen molar-refractivity contribution in [1.82, 2.24) is 9.88 Å². The second kappa shape index (κ2) is 8.66. The van der Waals surface area contributed by atoms with Gasteiger partial charge in [-0.25, -0.2) is 9.78 Å². The minimum atomic E-state index is -0.416. The van der Waals surface area contributed by atoms with Crippen LogP contribution in [0.5, 0.6) is 0 Å². The maximum atomic E-state index is 12.8. The molecule has 0 aliphatic carbocycles. The fraction of sp³-hybridized carbons (Fsp3) is 0.381. The Balaban J connectivity index is 1.74. The first-order valence-electron chi connectivity index (χ1n) is 9.35. The highest BCUT2D eigenvalue weighted by Crippen LogP contribution is 2.23. The van der Waals surface area contributed by atoms with Gasteiger partial charge in [-0.15, -0.1) is 0 Å². The van der Waals surface area contributed by atoms with Gasteiger partial charge in [0.1, 0.15) is 5.82 Å². The van der Waals surface area contributed by atoms with Crippen molar-refractivity contribution < 1.29 is 14.3 Å². The normalized spacial score (nSPS) is 16.7. The predicted octanol–water partition coefficient (Wildman–Crippen LogP) is 4.02. The van der Waals surface area contributed by atoms with Crippen molar-refractivity contribution in [2.45, 2.75) is 38.6 Å². The Morgan fingerprint density at radius 1 is 1.22 bits per heavy atom. The molecule has 27 heavy (non-hydrogen) atoms. The summed E-state index contributed by atoms with van der Waals surface area (Å²) in [5, 5.41) is 3.12. The van der Waals surface area contributed by atoms with E-state index in [4.69, 9.17) is 4.74 Å². The fourth-order valence-corrected chi connectivity index (χ4v) is 3.47. The summed E-state index contributed by atoms with van der Waals surface area (Å²) in [4.78, 5) is 31.0. The Morgan fingerprint density at radius 3 is 2.74 bits per heavy atom. The molecule has 1 fully saturated rings. The molecular weight excluding hydrogens is 342 g/mol. The van der Waals surface area contributed by atoms with Gasteiger partial charge in [-0.2, -0.15) is 0 Å². The molecule has 1 N–H and O–H groups in total. The lowest BCUT2D eigenvalue weighted by molar-refractivity contribution is 0.0596. The van der Waals surface area contributed by atoms with E-state index in [0.29, 0.717) is 28.7 Å². The summed E-state index contributed by atoms with van der Waals surface area (Å²) >= 11 is 0. The molecule has 0 bridgehead atoms.